The molecule has 6 heteroatoms. The molecule has 2 rings (SSSR count). The smallest absolute Gasteiger partial charge is 0.190 e. The van der Waals surface area contributed by atoms with Crippen molar-refractivity contribution in [1.29, 1.82) is 0 Å². The van der Waals surface area contributed by atoms with Crippen LogP contribution in [0.5, 0.6) is 0 Å². The summed E-state index contributed by atoms with van der Waals surface area (Å²) in [5, 5.41) is 8.24. The first-order valence-corrected chi connectivity index (χ1v) is 6.73. The lowest BCUT2D eigenvalue weighted by Gasteiger charge is -2.11. The molecule has 0 aliphatic carbocycles. The first kappa shape index (κ1) is 13.0. The van der Waals surface area contributed by atoms with Gasteiger partial charge in [0.1, 0.15) is 6.33 Å². The largest absolute Gasteiger partial charge is 0.309 e. The third kappa shape index (κ3) is 3.08. The van der Waals surface area contributed by atoms with Gasteiger partial charge in [-0.15, -0.1) is 0 Å². The minimum absolute atomic E-state index is 0.281. The number of pyridine rings is 1. The number of hydrogen-bond acceptors (Lipinski definition) is 5. The molecule has 1 N–H and O–H groups in total. The number of nitrogens with zero attached hydrogens (tertiary/aromatic N) is 4. The summed E-state index contributed by atoms with van der Waals surface area (Å²) < 4.78 is 1.75. The van der Waals surface area contributed by atoms with Crippen LogP contribution < -0.4 is 5.32 Å². The van der Waals surface area contributed by atoms with Crippen LogP contribution in [-0.2, 0) is 7.05 Å². The monoisotopic (exact) mass is 263 g/mol. The van der Waals surface area contributed by atoms with Crippen LogP contribution in [0.3, 0.4) is 0 Å². The van der Waals surface area contributed by atoms with Gasteiger partial charge >= 0.3 is 0 Å². The van der Waals surface area contributed by atoms with Crippen LogP contribution in [0.4, 0.5) is 0 Å². The predicted molar refractivity (Wildman–Crippen MR) is 71.5 cm³/mol. The maximum absolute atomic E-state index is 4.47. The molecule has 2 aromatic heterocycles. The molecule has 0 fully saturated rings. The third-order valence-electron chi connectivity index (χ3n) is 2.59. The standard InChI is InChI=1S/C12H17N5S/c1-4-13-9(2)11-6-5-10(7-14-11)18-12-15-8-16-17(12)3/h5-9,13H,4H2,1-3H3. The Morgan fingerprint density at radius 3 is 2.78 bits per heavy atom. The molecule has 0 amide bonds. The highest BCUT2D eigenvalue weighted by Gasteiger charge is 2.07. The van der Waals surface area contributed by atoms with Gasteiger partial charge in [0.05, 0.1) is 5.69 Å². The van der Waals surface area contributed by atoms with E-state index in [9.17, 15) is 0 Å². The molecule has 0 spiro atoms. The maximum atomic E-state index is 4.47. The molecular formula is C12H17N5S. The molecule has 5 nitrogen and oxygen atoms in total. The second-order valence-electron chi connectivity index (χ2n) is 3.97. The molecule has 0 radical (unpaired) electrons. The minimum Gasteiger partial charge on any atom is -0.309 e. The average Bonchev–Trinajstić information content (AvgIpc) is 2.76. The molecule has 2 aromatic rings. The van der Waals surface area contributed by atoms with Crippen molar-refractivity contribution >= 4 is 11.8 Å². The van der Waals surface area contributed by atoms with Gasteiger partial charge in [-0.05, 0) is 37.4 Å². The maximum Gasteiger partial charge on any atom is 0.190 e. The molecular weight excluding hydrogens is 246 g/mol. The lowest BCUT2D eigenvalue weighted by molar-refractivity contribution is 0.582. The lowest BCUT2D eigenvalue weighted by atomic mass is 10.2. The van der Waals surface area contributed by atoms with Crippen molar-refractivity contribution in [3.63, 3.8) is 0 Å². The number of aromatic nitrogens is 4. The van der Waals surface area contributed by atoms with Crippen molar-refractivity contribution in [1.82, 2.24) is 25.1 Å². The van der Waals surface area contributed by atoms with Crippen molar-refractivity contribution in [3.8, 4) is 0 Å². The van der Waals surface area contributed by atoms with Crippen molar-refractivity contribution in [2.75, 3.05) is 6.54 Å². The van der Waals surface area contributed by atoms with E-state index < -0.39 is 0 Å². The highest BCUT2D eigenvalue weighted by molar-refractivity contribution is 7.99. The number of hydrogen-bond donors (Lipinski definition) is 1. The van der Waals surface area contributed by atoms with Crippen LogP contribution in [0, 0.1) is 0 Å². The summed E-state index contributed by atoms with van der Waals surface area (Å²) in [6.45, 7) is 5.15. The van der Waals surface area contributed by atoms with E-state index in [1.54, 1.807) is 22.8 Å². The zero-order chi connectivity index (χ0) is 13.0. The molecule has 0 saturated carbocycles. The second kappa shape index (κ2) is 5.97. The van der Waals surface area contributed by atoms with Crippen molar-refractivity contribution in [3.05, 3.63) is 30.4 Å². The van der Waals surface area contributed by atoms with E-state index >= 15 is 0 Å². The van der Waals surface area contributed by atoms with Gasteiger partial charge in [-0.25, -0.2) is 9.67 Å². The molecule has 96 valence electrons. The van der Waals surface area contributed by atoms with Gasteiger partial charge in [0.15, 0.2) is 5.16 Å². The molecule has 0 aromatic carbocycles. The van der Waals surface area contributed by atoms with Crippen LogP contribution in [0.25, 0.3) is 0 Å². The fraction of sp³-hybridized carbons (Fsp3) is 0.417. The van der Waals surface area contributed by atoms with Crippen molar-refractivity contribution in [2.45, 2.75) is 29.9 Å². The summed E-state index contributed by atoms with van der Waals surface area (Å²) >= 11 is 1.56. The lowest BCUT2D eigenvalue weighted by Crippen LogP contribution is -2.18. The van der Waals surface area contributed by atoms with Crippen LogP contribution in [0.15, 0.2) is 34.7 Å². The van der Waals surface area contributed by atoms with E-state index in [2.05, 4.69) is 40.3 Å². The van der Waals surface area contributed by atoms with E-state index in [0.29, 0.717) is 0 Å². The summed E-state index contributed by atoms with van der Waals surface area (Å²) in [4.78, 5) is 9.71. The summed E-state index contributed by atoms with van der Waals surface area (Å²) in [6, 6.07) is 4.39. The van der Waals surface area contributed by atoms with E-state index in [1.165, 1.54) is 0 Å². The van der Waals surface area contributed by atoms with Crippen molar-refractivity contribution in [2.24, 2.45) is 7.05 Å². The Morgan fingerprint density at radius 2 is 2.22 bits per heavy atom. The molecule has 0 bridgehead atoms. The fourth-order valence-corrected chi connectivity index (χ4v) is 2.33. The van der Waals surface area contributed by atoms with Gasteiger partial charge in [-0.1, -0.05) is 6.92 Å². The van der Waals surface area contributed by atoms with Gasteiger partial charge in [-0.3, -0.25) is 4.98 Å². The molecule has 0 saturated heterocycles. The van der Waals surface area contributed by atoms with Gasteiger partial charge in [0.25, 0.3) is 0 Å². The number of rotatable bonds is 5. The quantitative estimate of drug-likeness (QED) is 0.894. The highest BCUT2D eigenvalue weighted by Crippen LogP contribution is 2.25. The zero-order valence-corrected chi connectivity index (χ0v) is 11.6. The first-order valence-electron chi connectivity index (χ1n) is 5.92. The minimum atomic E-state index is 0.281. The Balaban J connectivity index is 2.06. The Morgan fingerprint density at radius 1 is 1.39 bits per heavy atom. The molecule has 18 heavy (non-hydrogen) atoms. The molecule has 2 heterocycles. The molecule has 1 atom stereocenters. The Labute approximate surface area is 111 Å². The first-order chi connectivity index (χ1) is 8.70. The average molecular weight is 263 g/mol. The highest BCUT2D eigenvalue weighted by atomic mass is 32.2. The van der Waals surface area contributed by atoms with E-state index in [1.807, 2.05) is 19.3 Å². The van der Waals surface area contributed by atoms with Gasteiger partial charge in [-0.2, -0.15) is 5.10 Å². The predicted octanol–water partition coefficient (Wildman–Crippen LogP) is 2.03. The Hall–Kier alpha value is -1.40. The Bertz CT molecular complexity index is 493. The summed E-state index contributed by atoms with van der Waals surface area (Å²) in [5.41, 5.74) is 1.05. The van der Waals surface area contributed by atoms with Crippen molar-refractivity contribution < 1.29 is 0 Å². The summed E-state index contributed by atoms with van der Waals surface area (Å²) in [7, 11) is 1.88. The topological polar surface area (TPSA) is 55.6 Å². The summed E-state index contributed by atoms with van der Waals surface area (Å²) in [6.07, 6.45) is 3.43. The van der Waals surface area contributed by atoms with E-state index in [-0.39, 0.29) is 6.04 Å². The third-order valence-corrected chi connectivity index (χ3v) is 3.62. The second-order valence-corrected chi connectivity index (χ2v) is 5.01. The van der Waals surface area contributed by atoms with Gasteiger partial charge in [0, 0.05) is 24.2 Å². The van der Waals surface area contributed by atoms with Crippen LogP contribution in [0.1, 0.15) is 25.6 Å². The number of nitrogens with one attached hydrogen (secondary N) is 1. The normalized spacial score (nSPS) is 12.6. The summed E-state index contributed by atoms with van der Waals surface area (Å²) in [5.74, 6) is 0. The van der Waals surface area contributed by atoms with Crippen LogP contribution >= 0.6 is 11.8 Å². The molecule has 0 aliphatic heterocycles. The molecule has 1 unspecified atom stereocenters. The molecule has 0 aliphatic rings. The van der Waals surface area contributed by atoms with E-state index in [4.69, 9.17) is 0 Å². The van der Waals surface area contributed by atoms with E-state index in [0.717, 1.165) is 22.3 Å². The zero-order valence-electron chi connectivity index (χ0n) is 10.8. The fourth-order valence-electron chi connectivity index (χ4n) is 1.60. The SMILES string of the molecule is CCNC(C)c1ccc(Sc2ncnn2C)cn1. The number of aryl methyl sites for hydroxylation is 1. The van der Waals surface area contributed by atoms with Gasteiger partial charge in [0.2, 0.25) is 0 Å². The van der Waals surface area contributed by atoms with Crippen LogP contribution in [-0.4, -0.2) is 26.3 Å². The van der Waals surface area contributed by atoms with Gasteiger partial charge < -0.3 is 5.32 Å². The Kier molecular flexibility index (Phi) is 4.33. The van der Waals surface area contributed by atoms with Crippen LogP contribution in [0.2, 0.25) is 0 Å².